The van der Waals surface area contributed by atoms with E-state index in [1.165, 1.54) is 27.8 Å². The first kappa shape index (κ1) is 17.8. The molecule has 1 aliphatic carbocycles. The highest BCUT2D eigenvalue weighted by atomic mass is 16.3. The first-order valence-corrected chi connectivity index (χ1v) is 9.50. The molecule has 0 saturated carbocycles. The summed E-state index contributed by atoms with van der Waals surface area (Å²) in [5.41, 5.74) is 6.83. The Balaban J connectivity index is 1.94. The highest BCUT2D eigenvalue weighted by Crippen LogP contribution is 2.39. The Morgan fingerprint density at radius 1 is 0.840 bits per heavy atom. The molecule has 1 aliphatic rings. The molecule has 0 radical (unpaired) electrons. The van der Waals surface area contributed by atoms with Gasteiger partial charge in [0.2, 0.25) is 0 Å². The Labute approximate surface area is 150 Å². The maximum Gasteiger partial charge on any atom is 0.115 e. The third kappa shape index (κ3) is 4.52. The summed E-state index contributed by atoms with van der Waals surface area (Å²) in [5, 5.41) is 18.8. The first-order valence-electron chi connectivity index (χ1n) is 9.50. The van der Waals surface area contributed by atoms with Gasteiger partial charge in [0.15, 0.2) is 0 Å². The molecule has 0 fully saturated rings. The van der Waals surface area contributed by atoms with Crippen LogP contribution in [0.4, 0.5) is 0 Å². The van der Waals surface area contributed by atoms with Crippen molar-refractivity contribution in [3.05, 3.63) is 65.2 Å². The van der Waals surface area contributed by atoms with Crippen LogP contribution in [0, 0.1) is 0 Å². The number of fused-ring (bicyclic) bond motifs is 1. The van der Waals surface area contributed by atoms with Crippen molar-refractivity contribution in [1.82, 2.24) is 0 Å². The van der Waals surface area contributed by atoms with Crippen LogP contribution < -0.4 is 0 Å². The summed E-state index contributed by atoms with van der Waals surface area (Å²) in [4.78, 5) is 0. The summed E-state index contributed by atoms with van der Waals surface area (Å²) in [6, 6.07) is 16.6. The molecule has 25 heavy (non-hydrogen) atoms. The average molecular weight is 336 g/mol. The van der Waals surface area contributed by atoms with E-state index in [0.29, 0.717) is 12.4 Å². The highest BCUT2D eigenvalue weighted by Gasteiger charge is 2.18. The number of hydrogen-bond donors (Lipinski definition) is 2. The van der Waals surface area contributed by atoms with Gasteiger partial charge >= 0.3 is 0 Å². The number of benzene rings is 2. The number of unbranched alkanes of at least 4 members (excludes halogenated alkanes) is 3. The maximum absolute atomic E-state index is 9.88. The standard InChI is InChI=1S/C23H28O2/c24-16-7-2-1-6-12-23-21(18-9-4-3-5-10-18)13-8-11-19-17-20(25)14-15-22(19)23/h3-5,9-10,14-15,17,24-25H,1-2,6-8,11-13,16H2. The van der Waals surface area contributed by atoms with Crippen LogP contribution in [0.15, 0.2) is 48.5 Å². The number of phenolic OH excluding ortho intramolecular Hbond substituents is 1. The quantitative estimate of drug-likeness (QED) is 0.648. The van der Waals surface area contributed by atoms with E-state index in [1.54, 1.807) is 0 Å². The van der Waals surface area contributed by atoms with Crippen LogP contribution in [-0.4, -0.2) is 16.8 Å². The fourth-order valence-corrected chi connectivity index (χ4v) is 3.86. The molecule has 0 amide bonds. The van der Waals surface area contributed by atoms with E-state index in [4.69, 9.17) is 5.11 Å². The number of aromatic hydroxyl groups is 1. The molecule has 0 unspecified atom stereocenters. The van der Waals surface area contributed by atoms with Gasteiger partial charge in [-0.2, -0.15) is 0 Å². The number of rotatable bonds is 7. The van der Waals surface area contributed by atoms with Gasteiger partial charge in [0, 0.05) is 6.61 Å². The Hall–Kier alpha value is -2.06. The summed E-state index contributed by atoms with van der Waals surface area (Å²) in [6.45, 7) is 0.292. The van der Waals surface area contributed by atoms with E-state index in [0.717, 1.165) is 51.4 Å². The van der Waals surface area contributed by atoms with Crippen molar-refractivity contribution in [2.24, 2.45) is 0 Å². The molecule has 0 heterocycles. The predicted octanol–water partition coefficient (Wildman–Crippen LogP) is 5.58. The lowest BCUT2D eigenvalue weighted by Crippen LogP contribution is -1.95. The van der Waals surface area contributed by atoms with Crippen LogP contribution in [-0.2, 0) is 6.42 Å². The zero-order chi connectivity index (χ0) is 17.5. The molecule has 3 rings (SSSR count). The van der Waals surface area contributed by atoms with Crippen molar-refractivity contribution in [3.8, 4) is 5.75 Å². The number of aliphatic hydroxyl groups is 1. The van der Waals surface area contributed by atoms with Gasteiger partial charge in [0.05, 0.1) is 0 Å². The lowest BCUT2D eigenvalue weighted by Gasteiger charge is -2.16. The molecule has 0 atom stereocenters. The molecule has 2 aromatic rings. The number of hydrogen-bond acceptors (Lipinski definition) is 2. The van der Waals surface area contributed by atoms with Gasteiger partial charge in [0.25, 0.3) is 0 Å². The van der Waals surface area contributed by atoms with E-state index in [1.807, 2.05) is 12.1 Å². The van der Waals surface area contributed by atoms with Crippen molar-refractivity contribution in [1.29, 1.82) is 0 Å². The Morgan fingerprint density at radius 2 is 1.64 bits per heavy atom. The average Bonchev–Trinajstić information content (AvgIpc) is 2.81. The minimum atomic E-state index is 0.292. The van der Waals surface area contributed by atoms with E-state index in [2.05, 4.69) is 36.4 Å². The fraction of sp³-hybridized carbons (Fsp3) is 0.391. The van der Waals surface area contributed by atoms with E-state index in [9.17, 15) is 5.11 Å². The molecule has 2 nitrogen and oxygen atoms in total. The summed E-state index contributed by atoms with van der Waals surface area (Å²) in [6.07, 6.45) is 8.58. The maximum atomic E-state index is 9.88. The highest BCUT2D eigenvalue weighted by molar-refractivity contribution is 5.92. The van der Waals surface area contributed by atoms with Crippen LogP contribution in [0.5, 0.6) is 5.75 Å². The van der Waals surface area contributed by atoms with Crippen LogP contribution in [0.2, 0.25) is 0 Å². The molecule has 2 aromatic carbocycles. The number of aliphatic hydroxyl groups excluding tert-OH is 1. The Bertz CT molecular complexity index is 716. The minimum Gasteiger partial charge on any atom is -0.508 e. The largest absolute Gasteiger partial charge is 0.508 e. The van der Waals surface area contributed by atoms with Crippen molar-refractivity contribution >= 4 is 11.1 Å². The lowest BCUT2D eigenvalue weighted by molar-refractivity contribution is 0.282. The van der Waals surface area contributed by atoms with Gasteiger partial charge in [-0.05, 0) is 78.5 Å². The first-order chi connectivity index (χ1) is 12.3. The van der Waals surface area contributed by atoms with Crippen molar-refractivity contribution < 1.29 is 10.2 Å². The smallest absolute Gasteiger partial charge is 0.115 e. The molecular weight excluding hydrogens is 308 g/mol. The topological polar surface area (TPSA) is 40.5 Å². The summed E-state index contributed by atoms with van der Waals surface area (Å²) < 4.78 is 0. The molecule has 0 spiro atoms. The third-order valence-corrected chi connectivity index (χ3v) is 5.11. The van der Waals surface area contributed by atoms with Crippen molar-refractivity contribution in [2.75, 3.05) is 6.61 Å². The zero-order valence-electron chi connectivity index (χ0n) is 14.9. The fourth-order valence-electron chi connectivity index (χ4n) is 3.86. The summed E-state index contributed by atoms with van der Waals surface area (Å²) in [5.74, 6) is 0.365. The Morgan fingerprint density at radius 3 is 2.44 bits per heavy atom. The summed E-state index contributed by atoms with van der Waals surface area (Å²) in [7, 11) is 0. The monoisotopic (exact) mass is 336 g/mol. The van der Waals surface area contributed by atoms with Gasteiger partial charge in [-0.15, -0.1) is 0 Å². The van der Waals surface area contributed by atoms with E-state index >= 15 is 0 Å². The second kappa shape index (κ2) is 8.87. The third-order valence-electron chi connectivity index (χ3n) is 5.11. The lowest BCUT2D eigenvalue weighted by atomic mass is 9.89. The number of phenols is 1. The molecule has 2 heteroatoms. The van der Waals surface area contributed by atoms with E-state index in [-0.39, 0.29) is 0 Å². The predicted molar refractivity (Wildman–Crippen MR) is 104 cm³/mol. The van der Waals surface area contributed by atoms with Gasteiger partial charge in [0.1, 0.15) is 5.75 Å². The normalized spacial score (nSPS) is 14.3. The van der Waals surface area contributed by atoms with Crippen LogP contribution in [0.1, 0.15) is 61.6 Å². The Kier molecular flexibility index (Phi) is 6.30. The van der Waals surface area contributed by atoms with Crippen LogP contribution in [0.3, 0.4) is 0 Å². The second-order valence-electron chi connectivity index (χ2n) is 6.91. The molecular formula is C23H28O2. The van der Waals surface area contributed by atoms with Crippen LogP contribution >= 0.6 is 0 Å². The SMILES string of the molecule is OCCCCCCC1=C(c2ccccc2)CCCc2cc(O)ccc21. The second-order valence-corrected chi connectivity index (χ2v) is 6.91. The summed E-state index contributed by atoms with van der Waals surface area (Å²) >= 11 is 0. The molecule has 0 bridgehead atoms. The van der Waals surface area contributed by atoms with E-state index < -0.39 is 0 Å². The molecule has 2 N–H and O–H groups in total. The van der Waals surface area contributed by atoms with Gasteiger partial charge < -0.3 is 10.2 Å². The van der Waals surface area contributed by atoms with Gasteiger partial charge in [-0.3, -0.25) is 0 Å². The molecule has 0 aromatic heterocycles. The zero-order valence-corrected chi connectivity index (χ0v) is 14.9. The molecule has 0 aliphatic heterocycles. The number of aryl methyl sites for hydroxylation is 1. The molecule has 0 saturated heterocycles. The van der Waals surface area contributed by atoms with Gasteiger partial charge in [-0.25, -0.2) is 0 Å². The minimum absolute atomic E-state index is 0.292. The van der Waals surface area contributed by atoms with Crippen LogP contribution in [0.25, 0.3) is 11.1 Å². The van der Waals surface area contributed by atoms with Gasteiger partial charge in [-0.1, -0.05) is 49.2 Å². The number of allylic oxidation sites excluding steroid dienone is 2. The van der Waals surface area contributed by atoms with Crippen molar-refractivity contribution in [2.45, 2.75) is 51.4 Å². The molecule has 132 valence electrons. The van der Waals surface area contributed by atoms with Crippen molar-refractivity contribution in [3.63, 3.8) is 0 Å².